The molecule has 1 aromatic heterocycles. The van der Waals surface area contributed by atoms with Crippen LogP contribution in [0.25, 0.3) is 0 Å². The van der Waals surface area contributed by atoms with Crippen molar-refractivity contribution in [3.63, 3.8) is 0 Å². The van der Waals surface area contributed by atoms with Crippen molar-refractivity contribution >= 4 is 21.8 Å². The predicted octanol–water partition coefficient (Wildman–Crippen LogP) is -0.466. The minimum absolute atomic E-state index is 0.0306. The topological polar surface area (TPSA) is 90.9 Å². The van der Waals surface area contributed by atoms with E-state index >= 15 is 0 Å². The van der Waals surface area contributed by atoms with Crippen molar-refractivity contribution in [1.29, 1.82) is 0 Å². The lowest BCUT2D eigenvalue weighted by Crippen LogP contribution is -2.51. The summed E-state index contributed by atoms with van der Waals surface area (Å²) in [4.78, 5) is 32.3. The SMILES string of the molecule is CS(=O)(=O)N1CCN(C(=O)C2CC(=O)N(Cc3cccnc3)C2)CC1. The van der Waals surface area contributed by atoms with Gasteiger partial charge in [-0.15, -0.1) is 0 Å². The molecule has 1 unspecified atom stereocenters. The smallest absolute Gasteiger partial charge is 0.228 e. The molecule has 3 heterocycles. The summed E-state index contributed by atoms with van der Waals surface area (Å²) in [5.74, 6) is -0.443. The Morgan fingerprint density at radius 3 is 2.60 bits per heavy atom. The highest BCUT2D eigenvalue weighted by Gasteiger charge is 2.37. The Bertz CT molecular complexity index is 745. The van der Waals surface area contributed by atoms with Crippen molar-refractivity contribution < 1.29 is 18.0 Å². The van der Waals surface area contributed by atoms with Gasteiger partial charge in [-0.05, 0) is 11.6 Å². The molecule has 2 amide bonds. The normalized spacial score (nSPS) is 22.4. The molecule has 1 atom stereocenters. The van der Waals surface area contributed by atoms with E-state index in [4.69, 9.17) is 0 Å². The van der Waals surface area contributed by atoms with Gasteiger partial charge in [0.1, 0.15) is 0 Å². The number of hydrogen-bond acceptors (Lipinski definition) is 5. The second kappa shape index (κ2) is 7.09. The van der Waals surface area contributed by atoms with E-state index in [1.807, 2.05) is 12.1 Å². The first-order valence-electron chi connectivity index (χ1n) is 8.25. The van der Waals surface area contributed by atoms with Gasteiger partial charge < -0.3 is 9.80 Å². The van der Waals surface area contributed by atoms with Crippen LogP contribution in [0.5, 0.6) is 0 Å². The fourth-order valence-corrected chi connectivity index (χ4v) is 4.13. The molecule has 0 saturated carbocycles. The molecule has 0 bridgehead atoms. The van der Waals surface area contributed by atoms with Crippen molar-refractivity contribution in [1.82, 2.24) is 19.1 Å². The van der Waals surface area contributed by atoms with E-state index in [0.717, 1.165) is 5.56 Å². The number of aromatic nitrogens is 1. The first-order valence-corrected chi connectivity index (χ1v) is 10.1. The summed E-state index contributed by atoms with van der Waals surface area (Å²) in [5, 5.41) is 0. The van der Waals surface area contributed by atoms with Gasteiger partial charge in [-0.2, -0.15) is 4.31 Å². The van der Waals surface area contributed by atoms with Gasteiger partial charge >= 0.3 is 0 Å². The van der Waals surface area contributed by atoms with Crippen LogP contribution in [0.2, 0.25) is 0 Å². The van der Waals surface area contributed by atoms with Crippen LogP contribution in [0.4, 0.5) is 0 Å². The molecule has 9 heteroatoms. The molecule has 25 heavy (non-hydrogen) atoms. The second-order valence-electron chi connectivity index (χ2n) is 6.52. The number of rotatable bonds is 4. The van der Waals surface area contributed by atoms with Gasteiger partial charge in [-0.3, -0.25) is 14.6 Å². The lowest BCUT2D eigenvalue weighted by atomic mass is 10.1. The molecule has 136 valence electrons. The zero-order chi connectivity index (χ0) is 18.0. The molecule has 8 nitrogen and oxygen atoms in total. The Balaban J connectivity index is 1.56. The lowest BCUT2D eigenvalue weighted by molar-refractivity contribution is -0.137. The Morgan fingerprint density at radius 2 is 2.00 bits per heavy atom. The van der Waals surface area contributed by atoms with Crippen molar-refractivity contribution in [2.75, 3.05) is 39.0 Å². The molecule has 2 aliphatic rings. The van der Waals surface area contributed by atoms with Crippen LogP contribution in [0.15, 0.2) is 24.5 Å². The molecule has 0 aromatic carbocycles. The highest BCUT2D eigenvalue weighted by molar-refractivity contribution is 7.88. The number of sulfonamides is 1. The number of hydrogen-bond donors (Lipinski definition) is 0. The molecule has 2 fully saturated rings. The third kappa shape index (κ3) is 4.16. The van der Waals surface area contributed by atoms with Crippen molar-refractivity contribution in [3.8, 4) is 0 Å². The number of carbonyl (C=O) groups excluding carboxylic acids is 2. The molecule has 1 aromatic rings. The molecule has 2 saturated heterocycles. The van der Waals surface area contributed by atoms with E-state index < -0.39 is 10.0 Å². The van der Waals surface area contributed by atoms with E-state index in [0.29, 0.717) is 39.3 Å². The number of amides is 2. The Labute approximate surface area is 147 Å². The summed E-state index contributed by atoms with van der Waals surface area (Å²) in [5.41, 5.74) is 0.936. The van der Waals surface area contributed by atoms with E-state index in [1.165, 1.54) is 10.6 Å². The summed E-state index contributed by atoms with van der Waals surface area (Å²) in [6, 6.07) is 3.72. The van der Waals surface area contributed by atoms with Crippen LogP contribution < -0.4 is 0 Å². The minimum atomic E-state index is -3.22. The average molecular weight is 366 g/mol. The zero-order valence-electron chi connectivity index (χ0n) is 14.2. The molecular formula is C16H22N4O4S. The molecule has 3 rings (SSSR count). The van der Waals surface area contributed by atoms with Crippen LogP contribution >= 0.6 is 0 Å². The van der Waals surface area contributed by atoms with Crippen LogP contribution in [0, 0.1) is 5.92 Å². The summed E-state index contributed by atoms with van der Waals surface area (Å²) in [7, 11) is -3.22. The van der Waals surface area contributed by atoms with E-state index in [2.05, 4.69) is 4.98 Å². The highest BCUT2D eigenvalue weighted by Crippen LogP contribution is 2.23. The molecule has 0 aliphatic carbocycles. The van der Waals surface area contributed by atoms with Crippen LogP contribution in [0.1, 0.15) is 12.0 Å². The number of nitrogens with zero attached hydrogens (tertiary/aromatic N) is 4. The number of piperazine rings is 1. The van der Waals surface area contributed by atoms with Gasteiger partial charge in [-0.1, -0.05) is 6.07 Å². The van der Waals surface area contributed by atoms with Crippen molar-refractivity contribution in [3.05, 3.63) is 30.1 Å². The van der Waals surface area contributed by atoms with Gasteiger partial charge in [0.15, 0.2) is 0 Å². The van der Waals surface area contributed by atoms with E-state index in [9.17, 15) is 18.0 Å². The monoisotopic (exact) mass is 366 g/mol. The van der Waals surface area contributed by atoms with E-state index in [-0.39, 0.29) is 24.2 Å². The average Bonchev–Trinajstić information content (AvgIpc) is 2.95. The predicted molar refractivity (Wildman–Crippen MR) is 90.8 cm³/mol. The fraction of sp³-hybridized carbons (Fsp3) is 0.562. The van der Waals surface area contributed by atoms with Gasteiger partial charge in [0, 0.05) is 58.1 Å². The summed E-state index contributed by atoms with van der Waals surface area (Å²) < 4.78 is 24.5. The molecular weight excluding hydrogens is 344 g/mol. The number of carbonyl (C=O) groups is 2. The van der Waals surface area contributed by atoms with Crippen LogP contribution in [-0.2, 0) is 26.2 Å². The number of pyridine rings is 1. The fourth-order valence-electron chi connectivity index (χ4n) is 3.30. The zero-order valence-corrected chi connectivity index (χ0v) is 15.0. The minimum Gasteiger partial charge on any atom is -0.340 e. The maximum absolute atomic E-state index is 12.7. The van der Waals surface area contributed by atoms with Crippen molar-refractivity contribution in [2.45, 2.75) is 13.0 Å². The first kappa shape index (κ1) is 17.8. The summed E-state index contributed by atoms with van der Waals surface area (Å²) >= 11 is 0. The van der Waals surface area contributed by atoms with Gasteiger partial charge in [0.25, 0.3) is 0 Å². The first-order chi connectivity index (χ1) is 11.8. The third-order valence-corrected chi connectivity index (χ3v) is 5.98. The van der Waals surface area contributed by atoms with E-state index in [1.54, 1.807) is 22.2 Å². The molecule has 0 spiro atoms. The summed E-state index contributed by atoms with van der Waals surface area (Å²) in [6.07, 6.45) is 4.78. The summed E-state index contributed by atoms with van der Waals surface area (Å²) in [6.45, 7) is 2.23. The molecule has 0 radical (unpaired) electrons. The van der Waals surface area contributed by atoms with Gasteiger partial charge in [-0.25, -0.2) is 8.42 Å². The maximum Gasteiger partial charge on any atom is 0.228 e. The molecule has 0 N–H and O–H groups in total. The Kier molecular flexibility index (Phi) is 5.05. The highest BCUT2D eigenvalue weighted by atomic mass is 32.2. The van der Waals surface area contributed by atoms with Crippen LogP contribution in [-0.4, -0.2) is 78.3 Å². The lowest BCUT2D eigenvalue weighted by Gasteiger charge is -2.34. The largest absolute Gasteiger partial charge is 0.340 e. The Hall–Kier alpha value is -2.00. The standard InChI is InChI=1S/C16H22N4O4S/c1-25(23,24)20-7-5-18(6-8-20)16(22)14-9-15(21)19(12-14)11-13-3-2-4-17-10-13/h2-4,10,14H,5-9,11-12H2,1H3. The van der Waals surface area contributed by atoms with Crippen molar-refractivity contribution in [2.24, 2.45) is 5.92 Å². The third-order valence-electron chi connectivity index (χ3n) is 4.68. The molecule has 2 aliphatic heterocycles. The van der Waals surface area contributed by atoms with Gasteiger partial charge in [0.05, 0.1) is 12.2 Å². The Morgan fingerprint density at radius 1 is 1.28 bits per heavy atom. The maximum atomic E-state index is 12.7. The quantitative estimate of drug-likeness (QED) is 0.719. The van der Waals surface area contributed by atoms with Crippen LogP contribution in [0.3, 0.4) is 0 Å². The number of likely N-dealkylation sites (tertiary alicyclic amines) is 1. The van der Waals surface area contributed by atoms with Gasteiger partial charge in [0.2, 0.25) is 21.8 Å². The second-order valence-corrected chi connectivity index (χ2v) is 8.51.